The van der Waals surface area contributed by atoms with Gasteiger partial charge in [0, 0.05) is 6.07 Å². The molecule has 3 aromatic rings. The van der Waals surface area contributed by atoms with Gasteiger partial charge < -0.3 is 9.84 Å². The third-order valence-corrected chi connectivity index (χ3v) is 5.16. The number of rotatable bonds is 8. The highest BCUT2D eigenvalue weighted by atomic mass is 32.2. The first-order chi connectivity index (χ1) is 13.1. The van der Waals surface area contributed by atoms with Crippen LogP contribution in [0.5, 0.6) is 0 Å². The zero-order valence-corrected chi connectivity index (χ0v) is 16.4. The number of amides is 1. The highest BCUT2D eigenvalue weighted by Crippen LogP contribution is 2.27. The lowest BCUT2D eigenvalue weighted by atomic mass is 10.2. The Morgan fingerprint density at radius 1 is 1.30 bits per heavy atom. The van der Waals surface area contributed by atoms with Gasteiger partial charge in [-0.2, -0.15) is 4.68 Å². The van der Waals surface area contributed by atoms with Gasteiger partial charge in [0.1, 0.15) is 5.76 Å². The number of anilines is 1. The van der Waals surface area contributed by atoms with Gasteiger partial charge in [-0.1, -0.05) is 54.4 Å². The lowest BCUT2D eigenvalue weighted by Gasteiger charge is -2.14. The number of aromatic nitrogens is 5. The molecule has 142 valence electrons. The van der Waals surface area contributed by atoms with Gasteiger partial charge in [-0.15, -0.1) is 5.10 Å². The third kappa shape index (κ3) is 4.94. The maximum atomic E-state index is 12.8. The molecule has 1 amide bonds. The molecule has 1 aromatic carbocycles. The molecule has 0 aliphatic carbocycles. The van der Waals surface area contributed by atoms with Gasteiger partial charge in [0.15, 0.2) is 5.82 Å². The normalized spacial score (nSPS) is 12.1. The molecule has 2 heterocycles. The molecule has 0 saturated carbocycles. The second kappa shape index (κ2) is 8.81. The van der Waals surface area contributed by atoms with E-state index in [4.69, 9.17) is 4.52 Å². The highest BCUT2D eigenvalue weighted by molar-refractivity contribution is 8.00. The fourth-order valence-electron chi connectivity index (χ4n) is 2.49. The van der Waals surface area contributed by atoms with Gasteiger partial charge in [0.25, 0.3) is 0 Å². The van der Waals surface area contributed by atoms with E-state index in [-0.39, 0.29) is 11.2 Å². The number of unbranched alkanes of at least 4 members (excludes halogenated alkanes) is 1. The molecule has 0 spiro atoms. The van der Waals surface area contributed by atoms with Crippen LogP contribution in [0.25, 0.3) is 5.69 Å². The Balaban J connectivity index is 1.77. The maximum Gasteiger partial charge on any atom is 0.239 e. The van der Waals surface area contributed by atoms with E-state index in [1.54, 1.807) is 17.7 Å². The maximum absolute atomic E-state index is 12.8. The molecule has 0 aliphatic rings. The van der Waals surface area contributed by atoms with Crippen molar-refractivity contribution in [3.63, 3.8) is 0 Å². The number of nitrogens with zero attached hydrogens (tertiary/aromatic N) is 5. The van der Waals surface area contributed by atoms with Crippen molar-refractivity contribution in [2.75, 3.05) is 5.32 Å². The standard InChI is InChI=1S/C18H22N6O2S/c1-4-5-6-15(17(25)19-16-11-13(3)26-21-16)27-18-20-22-23-24(18)14-9-7-12(2)8-10-14/h7-11,15H,4-6H2,1-3H3,(H,19,21,25). The van der Waals surface area contributed by atoms with Gasteiger partial charge in [-0.05, 0) is 42.8 Å². The van der Waals surface area contributed by atoms with Crippen LogP contribution in [0, 0.1) is 13.8 Å². The average molecular weight is 386 g/mol. The highest BCUT2D eigenvalue weighted by Gasteiger charge is 2.24. The van der Waals surface area contributed by atoms with Crippen molar-refractivity contribution in [3.8, 4) is 5.69 Å². The van der Waals surface area contributed by atoms with Crippen molar-refractivity contribution in [1.82, 2.24) is 25.4 Å². The fourth-order valence-corrected chi connectivity index (χ4v) is 3.52. The van der Waals surface area contributed by atoms with E-state index in [0.29, 0.717) is 23.2 Å². The zero-order chi connectivity index (χ0) is 19.2. The lowest BCUT2D eigenvalue weighted by Crippen LogP contribution is -2.26. The Bertz CT molecular complexity index is 889. The van der Waals surface area contributed by atoms with Crippen molar-refractivity contribution in [2.45, 2.75) is 50.4 Å². The van der Waals surface area contributed by atoms with Crippen molar-refractivity contribution in [1.29, 1.82) is 0 Å². The summed E-state index contributed by atoms with van der Waals surface area (Å²) in [6.45, 7) is 5.90. The number of carbonyl (C=O) groups is 1. The zero-order valence-electron chi connectivity index (χ0n) is 15.5. The fraction of sp³-hybridized carbons (Fsp3) is 0.389. The minimum Gasteiger partial charge on any atom is -0.360 e. The number of thioether (sulfide) groups is 1. The van der Waals surface area contributed by atoms with Gasteiger partial charge >= 0.3 is 0 Å². The van der Waals surface area contributed by atoms with Crippen molar-refractivity contribution < 1.29 is 9.32 Å². The predicted molar refractivity (Wildman–Crippen MR) is 103 cm³/mol. The molecule has 27 heavy (non-hydrogen) atoms. The number of benzene rings is 1. The molecule has 1 unspecified atom stereocenters. The van der Waals surface area contributed by atoms with Crippen LogP contribution < -0.4 is 5.32 Å². The lowest BCUT2D eigenvalue weighted by molar-refractivity contribution is -0.115. The van der Waals surface area contributed by atoms with E-state index in [2.05, 4.69) is 32.9 Å². The summed E-state index contributed by atoms with van der Waals surface area (Å²) in [4.78, 5) is 12.8. The monoisotopic (exact) mass is 386 g/mol. The van der Waals surface area contributed by atoms with Gasteiger partial charge in [-0.25, -0.2) is 0 Å². The SMILES string of the molecule is CCCCC(Sc1nnnn1-c1ccc(C)cc1)C(=O)Nc1cc(C)on1. The number of aryl methyl sites for hydroxylation is 2. The summed E-state index contributed by atoms with van der Waals surface area (Å²) in [7, 11) is 0. The predicted octanol–water partition coefficient (Wildman–Crippen LogP) is 3.56. The molecule has 0 fully saturated rings. The molecule has 0 radical (unpaired) electrons. The summed E-state index contributed by atoms with van der Waals surface area (Å²) < 4.78 is 6.66. The molecule has 0 saturated heterocycles. The van der Waals surface area contributed by atoms with Crippen LogP contribution in [0.3, 0.4) is 0 Å². The summed E-state index contributed by atoms with van der Waals surface area (Å²) in [5.41, 5.74) is 2.01. The molecule has 9 heteroatoms. The number of tetrazole rings is 1. The number of hydrogen-bond acceptors (Lipinski definition) is 7. The van der Waals surface area contributed by atoms with Crippen molar-refractivity contribution >= 4 is 23.5 Å². The van der Waals surface area contributed by atoms with E-state index in [9.17, 15) is 4.79 Å². The second-order valence-corrected chi connectivity index (χ2v) is 7.44. The average Bonchev–Trinajstić information content (AvgIpc) is 3.28. The Labute approximate surface area is 161 Å². The van der Waals surface area contributed by atoms with E-state index >= 15 is 0 Å². The Kier molecular flexibility index (Phi) is 6.23. The molecule has 0 aliphatic heterocycles. The first kappa shape index (κ1) is 19.1. The van der Waals surface area contributed by atoms with Crippen LogP contribution in [-0.4, -0.2) is 36.5 Å². The molecule has 1 atom stereocenters. The molecular weight excluding hydrogens is 364 g/mol. The molecule has 0 bridgehead atoms. The van der Waals surface area contributed by atoms with Crippen LogP contribution in [0.1, 0.15) is 37.5 Å². The Morgan fingerprint density at radius 3 is 2.74 bits per heavy atom. The van der Waals surface area contributed by atoms with Crippen molar-refractivity contribution in [2.24, 2.45) is 0 Å². The largest absolute Gasteiger partial charge is 0.360 e. The van der Waals surface area contributed by atoms with Gasteiger partial charge in [-0.3, -0.25) is 4.79 Å². The van der Waals surface area contributed by atoms with Gasteiger partial charge in [0.2, 0.25) is 11.1 Å². The summed E-state index contributed by atoms with van der Waals surface area (Å²) in [6, 6.07) is 9.60. The minimum absolute atomic E-state index is 0.139. The second-order valence-electron chi connectivity index (χ2n) is 6.27. The van der Waals surface area contributed by atoms with Crippen molar-refractivity contribution in [3.05, 3.63) is 41.7 Å². The van der Waals surface area contributed by atoms with E-state index in [1.807, 2.05) is 31.2 Å². The van der Waals surface area contributed by atoms with Crippen LogP contribution in [0.15, 0.2) is 40.0 Å². The van der Waals surface area contributed by atoms with Crippen LogP contribution in [0.4, 0.5) is 5.82 Å². The minimum atomic E-state index is -0.336. The number of hydrogen-bond donors (Lipinski definition) is 1. The topological polar surface area (TPSA) is 98.7 Å². The van der Waals surface area contributed by atoms with Crippen LogP contribution in [-0.2, 0) is 4.79 Å². The van der Waals surface area contributed by atoms with E-state index in [0.717, 1.165) is 24.1 Å². The molecule has 8 nitrogen and oxygen atoms in total. The summed E-state index contributed by atoms with van der Waals surface area (Å²) in [6.07, 6.45) is 2.63. The number of carbonyl (C=O) groups excluding carboxylic acids is 1. The number of nitrogens with one attached hydrogen (secondary N) is 1. The van der Waals surface area contributed by atoms with Gasteiger partial charge in [0.05, 0.1) is 10.9 Å². The quantitative estimate of drug-likeness (QED) is 0.591. The third-order valence-electron chi connectivity index (χ3n) is 3.96. The first-order valence-corrected chi connectivity index (χ1v) is 9.71. The Hall–Kier alpha value is -2.68. The molecule has 1 N–H and O–H groups in total. The van der Waals surface area contributed by atoms with E-state index in [1.165, 1.54) is 11.8 Å². The molecule has 2 aromatic heterocycles. The Morgan fingerprint density at radius 2 is 2.07 bits per heavy atom. The van der Waals surface area contributed by atoms with Crippen LogP contribution >= 0.6 is 11.8 Å². The smallest absolute Gasteiger partial charge is 0.239 e. The molecule has 3 rings (SSSR count). The van der Waals surface area contributed by atoms with E-state index < -0.39 is 0 Å². The first-order valence-electron chi connectivity index (χ1n) is 8.83. The van der Waals surface area contributed by atoms with Crippen LogP contribution in [0.2, 0.25) is 0 Å². The summed E-state index contributed by atoms with van der Waals surface area (Å²) >= 11 is 1.35. The summed E-state index contributed by atoms with van der Waals surface area (Å²) in [5, 5.41) is 18.8. The summed E-state index contributed by atoms with van der Waals surface area (Å²) in [5.74, 6) is 0.921. The molecular formula is C18H22N6O2S.